The molecule has 2 aromatic rings. The summed E-state index contributed by atoms with van der Waals surface area (Å²) in [5, 5.41) is 6.99. The van der Waals surface area contributed by atoms with Gasteiger partial charge in [0, 0.05) is 18.9 Å². The molecule has 21 heavy (non-hydrogen) atoms. The number of carbonyl (C=O) groups is 1. The Hall–Kier alpha value is -2.41. The molecule has 0 fully saturated rings. The number of hydrogen-bond acceptors (Lipinski definition) is 5. The first-order valence-electron chi connectivity index (χ1n) is 6.57. The molecule has 0 saturated heterocycles. The second kappa shape index (κ2) is 6.85. The summed E-state index contributed by atoms with van der Waals surface area (Å²) in [6, 6.07) is 3.36. The third kappa shape index (κ3) is 4.03. The van der Waals surface area contributed by atoms with E-state index in [0.717, 1.165) is 13.1 Å². The van der Waals surface area contributed by atoms with E-state index in [0.29, 0.717) is 17.1 Å². The molecule has 7 heteroatoms. The van der Waals surface area contributed by atoms with E-state index in [2.05, 4.69) is 20.3 Å². The highest BCUT2D eigenvalue weighted by Gasteiger charge is 2.13. The SMILES string of the molecule is COc1ncccc1C(=O)Nc1cnn(CCN(C)C)c1. The number of aromatic nitrogens is 3. The quantitative estimate of drug-likeness (QED) is 0.862. The van der Waals surface area contributed by atoms with Crippen LogP contribution in [0.5, 0.6) is 5.88 Å². The molecule has 0 aliphatic rings. The van der Waals surface area contributed by atoms with Crippen LogP contribution in [0.2, 0.25) is 0 Å². The van der Waals surface area contributed by atoms with Crippen LogP contribution >= 0.6 is 0 Å². The van der Waals surface area contributed by atoms with Crippen molar-refractivity contribution < 1.29 is 9.53 Å². The fourth-order valence-corrected chi connectivity index (χ4v) is 1.78. The summed E-state index contributed by atoms with van der Waals surface area (Å²) in [7, 11) is 5.49. The predicted octanol–water partition coefficient (Wildman–Crippen LogP) is 1.10. The highest BCUT2D eigenvalue weighted by atomic mass is 16.5. The van der Waals surface area contributed by atoms with Gasteiger partial charge in [0.15, 0.2) is 0 Å². The van der Waals surface area contributed by atoms with Crippen LogP contribution < -0.4 is 10.1 Å². The number of nitrogens with one attached hydrogen (secondary N) is 1. The lowest BCUT2D eigenvalue weighted by Gasteiger charge is -2.08. The summed E-state index contributed by atoms with van der Waals surface area (Å²) in [6.45, 7) is 1.64. The number of nitrogens with zero attached hydrogens (tertiary/aromatic N) is 4. The van der Waals surface area contributed by atoms with Gasteiger partial charge in [0.2, 0.25) is 5.88 Å². The molecule has 112 valence electrons. The summed E-state index contributed by atoms with van der Waals surface area (Å²) >= 11 is 0. The Morgan fingerprint density at radius 3 is 3.00 bits per heavy atom. The van der Waals surface area contributed by atoms with Gasteiger partial charge in [0.1, 0.15) is 5.56 Å². The minimum atomic E-state index is -0.271. The van der Waals surface area contributed by atoms with E-state index in [1.54, 1.807) is 35.4 Å². The third-order valence-corrected chi connectivity index (χ3v) is 2.88. The number of methoxy groups -OCH3 is 1. The molecule has 0 aliphatic carbocycles. The normalized spacial score (nSPS) is 10.7. The molecule has 0 saturated carbocycles. The van der Waals surface area contributed by atoms with Crippen LogP contribution in [0.3, 0.4) is 0 Å². The van der Waals surface area contributed by atoms with Gasteiger partial charge in [-0.1, -0.05) is 0 Å². The topological polar surface area (TPSA) is 72.3 Å². The Kier molecular flexibility index (Phi) is 4.89. The Labute approximate surface area is 123 Å². The van der Waals surface area contributed by atoms with Crippen LogP contribution in [-0.2, 0) is 6.54 Å². The number of hydrogen-bond donors (Lipinski definition) is 1. The van der Waals surface area contributed by atoms with Gasteiger partial charge in [0.05, 0.1) is 25.5 Å². The molecule has 1 N–H and O–H groups in total. The second-order valence-electron chi connectivity index (χ2n) is 4.81. The Morgan fingerprint density at radius 2 is 2.29 bits per heavy atom. The van der Waals surface area contributed by atoms with Crippen molar-refractivity contribution in [3.63, 3.8) is 0 Å². The first-order chi connectivity index (χ1) is 10.1. The Balaban J connectivity index is 2.03. The maximum absolute atomic E-state index is 12.2. The van der Waals surface area contributed by atoms with Crippen molar-refractivity contribution in [2.45, 2.75) is 6.54 Å². The number of likely N-dealkylation sites (N-methyl/N-ethyl adjacent to an activating group) is 1. The van der Waals surface area contributed by atoms with Crippen molar-refractivity contribution in [2.75, 3.05) is 33.1 Å². The molecule has 1 amide bonds. The molecule has 2 heterocycles. The molecule has 0 aliphatic heterocycles. The van der Waals surface area contributed by atoms with Gasteiger partial charge in [-0.15, -0.1) is 0 Å². The van der Waals surface area contributed by atoms with Crippen LogP contribution in [0.15, 0.2) is 30.7 Å². The van der Waals surface area contributed by atoms with Crippen molar-refractivity contribution in [3.05, 3.63) is 36.3 Å². The Morgan fingerprint density at radius 1 is 1.48 bits per heavy atom. The first kappa shape index (κ1) is 15.0. The zero-order valence-electron chi connectivity index (χ0n) is 12.4. The smallest absolute Gasteiger partial charge is 0.261 e. The fraction of sp³-hybridized carbons (Fsp3) is 0.357. The van der Waals surface area contributed by atoms with Crippen molar-refractivity contribution in [1.29, 1.82) is 0 Å². The summed E-state index contributed by atoms with van der Waals surface area (Å²) in [4.78, 5) is 18.3. The average molecular weight is 289 g/mol. The van der Waals surface area contributed by atoms with E-state index in [1.165, 1.54) is 7.11 Å². The van der Waals surface area contributed by atoms with Crippen molar-refractivity contribution >= 4 is 11.6 Å². The number of ether oxygens (including phenoxy) is 1. The number of pyridine rings is 1. The van der Waals surface area contributed by atoms with Gasteiger partial charge in [-0.3, -0.25) is 9.48 Å². The standard InChI is InChI=1S/C14H19N5O2/c1-18(2)7-8-19-10-11(9-16-19)17-13(20)12-5-4-6-15-14(12)21-3/h4-6,9-10H,7-8H2,1-3H3,(H,17,20). The van der Waals surface area contributed by atoms with Crippen molar-refractivity contribution in [3.8, 4) is 5.88 Å². The van der Waals surface area contributed by atoms with E-state index in [1.807, 2.05) is 14.1 Å². The molecule has 2 rings (SSSR count). The van der Waals surface area contributed by atoms with Gasteiger partial charge in [-0.25, -0.2) is 4.98 Å². The lowest BCUT2D eigenvalue weighted by Crippen LogP contribution is -2.18. The van der Waals surface area contributed by atoms with Gasteiger partial charge in [-0.05, 0) is 26.2 Å². The maximum atomic E-state index is 12.2. The van der Waals surface area contributed by atoms with Crippen molar-refractivity contribution in [1.82, 2.24) is 19.7 Å². The molecule has 0 bridgehead atoms. The van der Waals surface area contributed by atoms with Gasteiger partial charge >= 0.3 is 0 Å². The minimum Gasteiger partial charge on any atom is -0.480 e. The van der Waals surface area contributed by atoms with E-state index in [4.69, 9.17) is 4.74 Å². The van der Waals surface area contributed by atoms with Crippen LogP contribution in [0.1, 0.15) is 10.4 Å². The second-order valence-corrected chi connectivity index (χ2v) is 4.81. The molecule has 7 nitrogen and oxygen atoms in total. The average Bonchev–Trinajstić information content (AvgIpc) is 2.92. The number of amides is 1. The first-order valence-corrected chi connectivity index (χ1v) is 6.57. The van der Waals surface area contributed by atoms with Gasteiger partial charge in [-0.2, -0.15) is 5.10 Å². The zero-order valence-corrected chi connectivity index (χ0v) is 12.4. The zero-order chi connectivity index (χ0) is 15.2. The molecular formula is C14H19N5O2. The summed E-state index contributed by atoms with van der Waals surface area (Å²) in [6.07, 6.45) is 5.00. The molecule has 0 spiro atoms. The van der Waals surface area contributed by atoms with Gasteiger partial charge in [0.25, 0.3) is 5.91 Å². The number of carbonyl (C=O) groups excluding carboxylic acids is 1. The van der Waals surface area contributed by atoms with Gasteiger partial charge < -0.3 is 15.0 Å². The highest BCUT2D eigenvalue weighted by Crippen LogP contribution is 2.16. The van der Waals surface area contributed by atoms with Crippen molar-refractivity contribution in [2.24, 2.45) is 0 Å². The number of rotatable bonds is 6. The number of anilines is 1. The largest absolute Gasteiger partial charge is 0.480 e. The van der Waals surface area contributed by atoms with Crippen LogP contribution in [0, 0.1) is 0 Å². The fourth-order valence-electron chi connectivity index (χ4n) is 1.78. The molecule has 0 atom stereocenters. The van der Waals surface area contributed by atoms with Crippen LogP contribution in [0.25, 0.3) is 0 Å². The monoisotopic (exact) mass is 289 g/mol. The lowest BCUT2D eigenvalue weighted by atomic mass is 10.2. The predicted molar refractivity (Wildman–Crippen MR) is 79.5 cm³/mol. The summed E-state index contributed by atoms with van der Waals surface area (Å²) in [5.74, 6) is 0.0297. The van der Waals surface area contributed by atoms with Crippen LogP contribution in [0.4, 0.5) is 5.69 Å². The third-order valence-electron chi connectivity index (χ3n) is 2.88. The molecule has 0 unspecified atom stereocenters. The molecular weight excluding hydrogens is 270 g/mol. The summed E-state index contributed by atoms with van der Waals surface area (Å²) < 4.78 is 6.86. The van der Waals surface area contributed by atoms with E-state index < -0.39 is 0 Å². The summed E-state index contributed by atoms with van der Waals surface area (Å²) in [5.41, 5.74) is 1.03. The van der Waals surface area contributed by atoms with E-state index >= 15 is 0 Å². The van der Waals surface area contributed by atoms with E-state index in [-0.39, 0.29) is 5.91 Å². The molecule has 2 aromatic heterocycles. The lowest BCUT2D eigenvalue weighted by molar-refractivity contribution is 0.102. The minimum absolute atomic E-state index is 0.271. The highest BCUT2D eigenvalue weighted by molar-refractivity contribution is 6.05. The maximum Gasteiger partial charge on any atom is 0.261 e. The van der Waals surface area contributed by atoms with Crippen LogP contribution in [-0.4, -0.2) is 53.3 Å². The molecule has 0 radical (unpaired) electrons. The molecule has 0 aromatic carbocycles. The Bertz CT molecular complexity index is 609. The van der Waals surface area contributed by atoms with E-state index in [9.17, 15) is 4.79 Å².